The van der Waals surface area contributed by atoms with Crippen molar-refractivity contribution in [2.75, 3.05) is 31.1 Å². The molecule has 3 heterocycles. The summed E-state index contributed by atoms with van der Waals surface area (Å²) in [4.78, 5) is 37.6. The van der Waals surface area contributed by atoms with Crippen LogP contribution in [0.15, 0.2) is 35.3 Å². The molecule has 8 nitrogen and oxygen atoms in total. The zero-order valence-corrected chi connectivity index (χ0v) is 15.9. The highest BCUT2D eigenvalue weighted by atomic mass is 19.1. The first kappa shape index (κ1) is 19.0. The molecule has 1 aromatic carbocycles. The van der Waals surface area contributed by atoms with Crippen LogP contribution in [0.2, 0.25) is 0 Å². The number of nitrogens with zero attached hydrogens (tertiary/aromatic N) is 4. The van der Waals surface area contributed by atoms with E-state index in [1.54, 1.807) is 31.3 Å². The summed E-state index contributed by atoms with van der Waals surface area (Å²) >= 11 is 0. The van der Waals surface area contributed by atoms with Gasteiger partial charge in [-0.2, -0.15) is 0 Å². The number of hydrogen-bond acceptors (Lipinski definition) is 6. The van der Waals surface area contributed by atoms with Gasteiger partial charge in [0, 0.05) is 38.3 Å². The molecule has 1 aliphatic rings. The summed E-state index contributed by atoms with van der Waals surface area (Å²) in [7, 11) is 0. The van der Waals surface area contributed by atoms with Gasteiger partial charge in [-0.1, -0.05) is 6.07 Å². The number of anilines is 1. The molecule has 0 aliphatic carbocycles. The second-order valence-corrected chi connectivity index (χ2v) is 7.05. The van der Waals surface area contributed by atoms with Gasteiger partial charge in [0.05, 0.1) is 17.4 Å². The fourth-order valence-electron chi connectivity index (χ4n) is 3.48. The van der Waals surface area contributed by atoms with Crippen molar-refractivity contribution in [3.63, 3.8) is 0 Å². The lowest BCUT2D eigenvalue weighted by Gasteiger charge is -2.36. The second kappa shape index (κ2) is 7.59. The molecule has 1 fully saturated rings. The Morgan fingerprint density at radius 1 is 1.21 bits per heavy atom. The fraction of sp³-hybridized carbons (Fsp3) is 0.300. The number of rotatable bonds is 4. The fourth-order valence-corrected chi connectivity index (χ4v) is 3.48. The van der Waals surface area contributed by atoms with Crippen molar-refractivity contribution in [3.8, 4) is 0 Å². The third-order valence-corrected chi connectivity index (χ3v) is 5.15. The van der Waals surface area contributed by atoms with E-state index in [1.165, 1.54) is 6.07 Å². The number of fused-ring (bicyclic) bond motifs is 1. The number of H-pyrrole nitrogens is 1. The summed E-state index contributed by atoms with van der Waals surface area (Å²) in [5.41, 5.74) is 1.90. The van der Waals surface area contributed by atoms with Crippen molar-refractivity contribution in [2.24, 2.45) is 0 Å². The number of aromatic amines is 1. The Morgan fingerprint density at radius 2 is 1.97 bits per heavy atom. The lowest BCUT2D eigenvalue weighted by atomic mass is 10.1. The van der Waals surface area contributed by atoms with Crippen molar-refractivity contribution >= 4 is 22.7 Å². The zero-order valence-electron chi connectivity index (χ0n) is 15.9. The number of carbonyl (C=O) groups is 1. The van der Waals surface area contributed by atoms with Crippen LogP contribution in [0.5, 0.6) is 0 Å². The van der Waals surface area contributed by atoms with E-state index < -0.39 is 11.8 Å². The Labute approximate surface area is 165 Å². The second-order valence-electron chi connectivity index (χ2n) is 7.05. The summed E-state index contributed by atoms with van der Waals surface area (Å²) in [6, 6.07) is 6.68. The number of halogens is 1. The standard InChI is InChI=1S/C20H20FN5O3/c1-12-19(27)24-18-15(23-12)4-2-13(17(18)21)11-25-6-8-26(9-7-25)14-3-5-16(20(28)29)22-10-14/h2-5,10H,6-9,11H2,1H3,(H,24,27)(H,28,29). The first-order valence-corrected chi connectivity index (χ1v) is 9.27. The topological polar surface area (TPSA) is 102 Å². The summed E-state index contributed by atoms with van der Waals surface area (Å²) in [5, 5.41) is 8.94. The molecule has 0 amide bonds. The zero-order chi connectivity index (χ0) is 20.5. The third-order valence-electron chi connectivity index (χ3n) is 5.15. The maximum atomic E-state index is 14.9. The van der Waals surface area contributed by atoms with Crippen LogP contribution in [0.1, 0.15) is 21.7 Å². The molecule has 1 saturated heterocycles. The van der Waals surface area contributed by atoms with Crippen molar-refractivity contribution < 1.29 is 14.3 Å². The summed E-state index contributed by atoms with van der Waals surface area (Å²) < 4.78 is 14.9. The van der Waals surface area contributed by atoms with Crippen LogP contribution in [-0.2, 0) is 6.54 Å². The van der Waals surface area contributed by atoms with Crippen molar-refractivity contribution in [3.05, 3.63) is 63.6 Å². The molecular weight excluding hydrogens is 377 g/mol. The molecule has 0 radical (unpaired) electrons. The summed E-state index contributed by atoms with van der Waals surface area (Å²) in [5.74, 6) is -1.49. The number of carboxylic acid groups (broad SMARTS) is 1. The van der Waals surface area contributed by atoms with E-state index in [0.717, 1.165) is 31.9 Å². The molecule has 0 spiro atoms. The molecule has 9 heteroatoms. The Kier molecular flexibility index (Phi) is 4.98. The van der Waals surface area contributed by atoms with E-state index in [4.69, 9.17) is 5.11 Å². The summed E-state index contributed by atoms with van der Waals surface area (Å²) in [6.45, 7) is 4.92. The molecule has 0 bridgehead atoms. The molecule has 0 unspecified atom stereocenters. The molecular formula is C20H20FN5O3. The molecule has 4 rings (SSSR count). The quantitative estimate of drug-likeness (QED) is 0.692. The monoisotopic (exact) mass is 397 g/mol. The molecule has 2 aromatic heterocycles. The van der Waals surface area contributed by atoms with Crippen molar-refractivity contribution in [1.29, 1.82) is 0 Å². The number of hydrogen-bond donors (Lipinski definition) is 2. The minimum Gasteiger partial charge on any atom is -0.477 e. The average molecular weight is 397 g/mol. The molecule has 150 valence electrons. The largest absolute Gasteiger partial charge is 0.477 e. The van der Waals surface area contributed by atoms with Crippen LogP contribution in [-0.4, -0.2) is 57.1 Å². The Balaban J connectivity index is 1.44. The highest BCUT2D eigenvalue weighted by Gasteiger charge is 2.20. The number of nitrogens with one attached hydrogen (secondary N) is 1. The number of aryl methyl sites for hydroxylation is 1. The summed E-state index contributed by atoms with van der Waals surface area (Å²) in [6.07, 6.45) is 1.56. The maximum Gasteiger partial charge on any atom is 0.354 e. The first-order chi connectivity index (χ1) is 13.9. The van der Waals surface area contributed by atoms with E-state index >= 15 is 0 Å². The molecule has 1 aliphatic heterocycles. The molecule has 0 atom stereocenters. The number of piperazine rings is 1. The minimum absolute atomic E-state index is 0.0156. The Bertz CT molecular complexity index is 1120. The predicted molar refractivity (Wildman–Crippen MR) is 106 cm³/mol. The van der Waals surface area contributed by atoms with Crippen molar-refractivity contribution in [1.82, 2.24) is 19.9 Å². The molecule has 0 saturated carbocycles. The number of aromatic carboxylic acids is 1. The van der Waals surface area contributed by atoms with Gasteiger partial charge < -0.3 is 15.0 Å². The lowest BCUT2D eigenvalue weighted by Crippen LogP contribution is -2.46. The van der Waals surface area contributed by atoms with Gasteiger partial charge in [-0.3, -0.25) is 9.69 Å². The smallest absolute Gasteiger partial charge is 0.354 e. The molecule has 3 aromatic rings. The van der Waals surface area contributed by atoms with Crippen LogP contribution >= 0.6 is 0 Å². The number of aromatic nitrogens is 3. The SMILES string of the molecule is Cc1nc2ccc(CN3CCN(c4ccc(C(=O)O)nc4)CC3)c(F)c2[nH]c1=O. The number of benzene rings is 1. The predicted octanol–water partition coefficient (Wildman–Crippen LogP) is 1.79. The normalized spacial score (nSPS) is 15.0. The van der Waals surface area contributed by atoms with Gasteiger partial charge in [-0.25, -0.2) is 19.2 Å². The maximum absolute atomic E-state index is 14.9. The van der Waals surface area contributed by atoms with Crippen LogP contribution < -0.4 is 10.5 Å². The van der Waals surface area contributed by atoms with E-state index in [9.17, 15) is 14.0 Å². The number of carboxylic acids is 1. The Hall–Kier alpha value is -3.33. The Morgan fingerprint density at radius 3 is 2.62 bits per heavy atom. The van der Waals surface area contributed by atoms with E-state index in [1.807, 2.05) is 0 Å². The average Bonchev–Trinajstić information content (AvgIpc) is 2.72. The molecule has 29 heavy (non-hydrogen) atoms. The highest BCUT2D eigenvalue weighted by Crippen LogP contribution is 2.21. The van der Waals surface area contributed by atoms with Crippen LogP contribution in [0.25, 0.3) is 11.0 Å². The van der Waals surface area contributed by atoms with E-state index in [-0.39, 0.29) is 16.8 Å². The van der Waals surface area contributed by atoms with Gasteiger partial charge in [0.15, 0.2) is 5.82 Å². The van der Waals surface area contributed by atoms with Crippen LogP contribution in [0.3, 0.4) is 0 Å². The van der Waals surface area contributed by atoms with Gasteiger partial charge in [-0.15, -0.1) is 0 Å². The van der Waals surface area contributed by atoms with Crippen molar-refractivity contribution in [2.45, 2.75) is 13.5 Å². The van der Waals surface area contributed by atoms with E-state index in [2.05, 4.69) is 24.8 Å². The van der Waals surface area contributed by atoms with Gasteiger partial charge in [0.25, 0.3) is 5.56 Å². The minimum atomic E-state index is -1.05. The third kappa shape index (κ3) is 3.81. The van der Waals surface area contributed by atoms with Gasteiger partial charge in [-0.05, 0) is 25.1 Å². The van der Waals surface area contributed by atoms with E-state index in [0.29, 0.717) is 23.3 Å². The van der Waals surface area contributed by atoms with Crippen LogP contribution in [0, 0.1) is 12.7 Å². The lowest BCUT2D eigenvalue weighted by molar-refractivity contribution is 0.0690. The molecule has 2 N–H and O–H groups in total. The number of pyridine rings is 1. The van der Waals surface area contributed by atoms with Gasteiger partial charge in [0.2, 0.25) is 0 Å². The highest BCUT2D eigenvalue weighted by molar-refractivity contribution is 5.85. The van der Waals surface area contributed by atoms with Crippen LogP contribution in [0.4, 0.5) is 10.1 Å². The van der Waals surface area contributed by atoms with Gasteiger partial charge >= 0.3 is 5.97 Å². The first-order valence-electron chi connectivity index (χ1n) is 9.27. The van der Waals surface area contributed by atoms with Gasteiger partial charge in [0.1, 0.15) is 16.9 Å².